The van der Waals surface area contributed by atoms with Crippen molar-refractivity contribution in [3.63, 3.8) is 0 Å². The van der Waals surface area contributed by atoms with E-state index in [0.29, 0.717) is 29.4 Å². The third-order valence-electron chi connectivity index (χ3n) is 5.55. The summed E-state index contributed by atoms with van der Waals surface area (Å²) in [6.45, 7) is 1.48. The lowest BCUT2D eigenvalue weighted by atomic mass is 10.1. The molecule has 0 bridgehead atoms. The van der Waals surface area contributed by atoms with Crippen LogP contribution in [0, 0.1) is 12.7 Å². The molecule has 40 heavy (non-hydrogen) atoms. The fraction of sp³-hybridized carbons (Fsp3) is 0.143. The number of methoxy groups -OCH3 is 1. The van der Waals surface area contributed by atoms with Gasteiger partial charge < -0.3 is 24.7 Å². The van der Waals surface area contributed by atoms with Crippen LogP contribution in [0.3, 0.4) is 0 Å². The van der Waals surface area contributed by atoms with E-state index in [4.69, 9.17) is 9.47 Å². The van der Waals surface area contributed by atoms with Crippen LogP contribution in [0.2, 0.25) is 0 Å². The number of nitrogens with zero attached hydrogens (tertiary/aromatic N) is 4. The average Bonchev–Trinajstić information content (AvgIpc) is 3.67. The predicted molar refractivity (Wildman–Crippen MR) is 146 cm³/mol. The molecule has 0 atom stereocenters. The fourth-order valence-corrected chi connectivity index (χ4v) is 3.60. The fourth-order valence-electron chi connectivity index (χ4n) is 3.60. The van der Waals surface area contributed by atoms with E-state index in [1.165, 1.54) is 6.07 Å². The van der Waals surface area contributed by atoms with Gasteiger partial charge in [0.05, 0.1) is 36.7 Å². The number of aromatic nitrogens is 5. The van der Waals surface area contributed by atoms with E-state index >= 15 is 0 Å². The van der Waals surface area contributed by atoms with Crippen molar-refractivity contribution in [2.45, 2.75) is 20.2 Å². The Bertz CT molecular complexity index is 1520. The van der Waals surface area contributed by atoms with Crippen LogP contribution in [0.1, 0.15) is 16.8 Å². The first-order chi connectivity index (χ1) is 19.5. The van der Waals surface area contributed by atoms with Crippen LogP contribution in [-0.4, -0.2) is 38.3 Å². The van der Waals surface area contributed by atoms with E-state index < -0.39 is 6.67 Å². The molecule has 0 aliphatic rings. The Labute approximate surface area is 229 Å². The molecule has 3 heterocycles. The van der Waals surface area contributed by atoms with Crippen LogP contribution in [-0.2, 0) is 18.1 Å². The van der Waals surface area contributed by atoms with Crippen molar-refractivity contribution < 1.29 is 23.0 Å². The Kier molecular flexibility index (Phi) is 9.38. The first kappa shape index (κ1) is 27.8. The first-order valence-corrected chi connectivity index (χ1v) is 12.1. The number of aromatic amines is 1. The van der Waals surface area contributed by atoms with Gasteiger partial charge in [0.15, 0.2) is 17.4 Å². The first-order valence-electron chi connectivity index (χ1n) is 12.1. The van der Waals surface area contributed by atoms with Gasteiger partial charge in [0, 0.05) is 35.8 Å². The topological polar surface area (TPSA) is 119 Å². The van der Waals surface area contributed by atoms with Gasteiger partial charge in [-0.3, -0.25) is 9.89 Å². The standard InChI is InChI=1S/C17H17FN4O2.C11H10FN3O/c1-11-3-5-14(18)15(7-11)24-10-13-8-16(22-21-13)20-12-4-6-17(23-2)19-9-12;12-6-9-5-10(14-8-16)1-2-11(9)15-4-3-13-7-15/h3-9H,10H2,1-2H3,(H2,20,21,22);1-5,7-8H,6H2,(H,14,16). The highest BCUT2D eigenvalue weighted by Gasteiger charge is 2.07. The summed E-state index contributed by atoms with van der Waals surface area (Å²) in [5.74, 6) is 0.989. The van der Waals surface area contributed by atoms with E-state index in [1.807, 2.05) is 13.0 Å². The van der Waals surface area contributed by atoms with E-state index in [9.17, 15) is 13.6 Å². The quantitative estimate of drug-likeness (QED) is 0.198. The zero-order valence-electron chi connectivity index (χ0n) is 21.8. The number of benzene rings is 2. The summed E-state index contributed by atoms with van der Waals surface area (Å²) in [5, 5.41) is 12.6. The monoisotopic (exact) mass is 547 g/mol. The molecule has 0 fully saturated rings. The lowest BCUT2D eigenvalue weighted by Gasteiger charge is -2.09. The molecule has 0 aliphatic heterocycles. The van der Waals surface area contributed by atoms with Crippen molar-refractivity contribution in [3.05, 3.63) is 102 Å². The number of amides is 1. The molecule has 3 aromatic heterocycles. The van der Waals surface area contributed by atoms with Crippen LogP contribution in [0.4, 0.5) is 26.0 Å². The largest absolute Gasteiger partial charge is 0.484 e. The second-order valence-electron chi connectivity index (χ2n) is 8.42. The average molecular weight is 548 g/mol. The number of hydrogen-bond acceptors (Lipinski definition) is 7. The minimum Gasteiger partial charge on any atom is -0.484 e. The number of aryl methyl sites for hydroxylation is 1. The maximum atomic E-state index is 13.6. The summed E-state index contributed by atoms with van der Waals surface area (Å²) in [7, 11) is 1.56. The van der Waals surface area contributed by atoms with E-state index in [-0.39, 0.29) is 18.2 Å². The zero-order valence-corrected chi connectivity index (χ0v) is 21.8. The van der Waals surface area contributed by atoms with Crippen molar-refractivity contribution in [2.24, 2.45) is 0 Å². The Morgan fingerprint density at radius 3 is 2.65 bits per heavy atom. The van der Waals surface area contributed by atoms with Gasteiger partial charge in [-0.25, -0.2) is 18.7 Å². The molecule has 0 saturated carbocycles. The molecule has 5 rings (SSSR count). The Morgan fingerprint density at radius 2 is 1.95 bits per heavy atom. The lowest BCUT2D eigenvalue weighted by molar-refractivity contribution is -0.105. The molecule has 12 heteroatoms. The van der Waals surface area contributed by atoms with Crippen molar-refractivity contribution in [3.8, 4) is 17.3 Å². The molecule has 206 valence electrons. The van der Waals surface area contributed by atoms with Crippen LogP contribution >= 0.6 is 0 Å². The van der Waals surface area contributed by atoms with Gasteiger partial charge in [-0.15, -0.1) is 0 Å². The molecular weight excluding hydrogens is 520 g/mol. The second kappa shape index (κ2) is 13.5. The number of H-pyrrole nitrogens is 1. The van der Waals surface area contributed by atoms with Crippen LogP contribution in [0.5, 0.6) is 11.6 Å². The summed E-state index contributed by atoms with van der Waals surface area (Å²) < 4.78 is 38.7. The molecule has 5 aromatic rings. The number of rotatable bonds is 10. The van der Waals surface area contributed by atoms with Crippen molar-refractivity contribution in [2.75, 3.05) is 17.7 Å². The number of nitrogens with one attached hydrogen (secondary N) is 3. The number of ether oxygens (including phenoxy) is 2. The summed E-state index contributed by atoms with van der Waals surface area (Å²) in [6.07, 6.45) is 7.17. The Balaban J connectivity index is 0.000000201. The molecule has 3 N–H and O–H groups in total. The molecule has 0 saturated heterocycles. The van der Waals surface area contributed by atoms with Gasteiger partial charge in [-0.05, 0) is 48.9 Å². The highest BCUT2D eigenvalue weighted by molar-refractivity contribution is 5.72. The predicted octanol–water partition coefficient (Wildman–Crippen LogP) is 5.49. The van der Waals surface area contributed by atoms with Gasteiger partial charge in [0.25, 0.3) is 0 Å². The normalized spacial score (nSPS) is 10.3. The number of pyridine rings is 1. The van der Waals surface area contributed by atoms with Crippen molar-refractivity contribution in [1.29, 1.82) is 0 Å². The number of imidazole rings is 1. The van der Waals surface area contributed by atoms with Crippen LogP contribution in [0.25, 0.3) is 5.69 Å². The molecule has 0 unspecified atom stereocenters. The third kappa shape index (κ3) is 7.40. The minimum absolute atomic E-state index is 0.190. The van der Waals surface area contributed by atoms with Gasteiger partial charge in [-0.2, -0.15) is 5.10 Å². The van der Waals surface area contributed by atoms with Crippen LogP contribution in [0.15, 0.2) is 79.5 Å². The molecule has 0 aliphatic carbocycles. The summed E-state index contributed by atoms with van der Waals surface area (Å²) in [5.41, 5.74) is 4.23. The Morgan fingerprint density at radius 1 is 1.10 bits per heavy atom. The second-order valence-corrected chi connectivity index (χ2v) is 8.42. The third-order valence-corrected chi connectivity index (χ3v) is 5.55. The molecule has 0 spiro atoms. The summed E-state index contributed by atoms with van der Waals surface area (Å²) in [6, 6.07) is 15.2. The van der Waals surface area contributed by atoms with Crippen molar-refractivity contribution in [1.82, 2.24) is 24.7 Å². The minimum atomic E-state index is -0.595. The highest BCUT2D eigenvalue weighted by atomic mass is 19.1. The van der Waals surface area contributed by atoms with Gasteiger partial charge >= 0.3 is 0 Å². The van der Waals surface area contributed by atoms with E-state index in [2.05, 4.69) is 30.8 Å². The van der Waals surface area contributed by atoms with Gasteiger partial charge in [-0.1, -0.05) is 6.07 Å². The SMILES string of the molecule is COc1ccc(Nc2cc(COc3cc(C)ccc3F)[nH]n2)cn1.O=CNc1ccc(-n2ccnc2)c(CF)c1. The van der Waals surface area contributed by atoms with E-state index in [1.54, 1.807) is 79.1 Å². The van der Waals surface area contributed by atoms with Crippen LogP contribution < -0.4 is 20.1 Å². The molecular formula is C28H27F2N7O3. The van der Waals surface area contributed by atoms with Gasteiger partial charge in [0.1, 0.15) is 13.3 Å². The summed E-state index contributed by atoms with van der Waals surface area (Å²) in [4.78, 5) is 18.3. The number of hydrogen-bond donors (Lipinski definition) is 3. The van der Waals surface area contributed by atoms with Gasteiger partial charge in [0.2, 0.25) is 12.3 Å². The molecule has 2 aromatic carbocycles. The zero-order chi connectivity index (χ0) is 28.3. The smallest absolute Gasteiger partial charge is 0.213 e. The summed E-state index contributed by atoms with van der Waals surface area (Å²) >= 11 is 0. The maximum Gasteiger partial charge on any atom is 0.213 e. The number of halogens is 2. The molecule has 10 nitrogen and oxygen atoms in total. The molecule has 1 amide bonds. The number of carbonyl (C=O) groups excluding carboxylic acids is 1. The maximum absolute atomic E-state index is 13.6. The highest BCUT2D eigenvalue weighted by Crippen LogP contribution is 2.22. The Hall–Kier alpha value is -5.26. The van der Waals surface area contributed by atoms with Crippen molar-refractivity contribution >= 4 is 23.6 Å². The number of anilines is 3. The lowest BCUT2D eigenvalue weighted by Crippen LogP contribution is -1.99. The number of carbonyl (C=O) groups is 1. The molecule has 0 radical (unpaired) electrons. The van der Waals surface area contributed by atoms with E-state index in [0.717, 1.165) is 22.6 Å². The number of alkyl halides is 1.